The highest BCUT2D eigenvalue weighted by Gasteiger charge is 1.86. The van der Waals surface area contributed by atoms with E-state index in [-0.39, 0.29) is 7.30 Å². The summed E-state index contributed by atoms with van der Waals surface area (Å²) in [6.07, 6.45) is 3.40. The Morgan fingerprint density at radius 3 is 2.75 bits per heavy atom. The number of hydrogen-bond acceptors (Lipinski definition) is 0. The molecule has 0 rings (SSSR count). The zero-order valence-corrected chi connectivity index (χ0v) is 9.17. The highest BCUT2D eigenvalue weighted by molar-refractivity contribution is 8.62. The standard InChI is InChI=1S/C4H12P4/c1-2-3-4-8(6)7-5/h3-4,7H,2,5-6H2,1H3/b4-3+. The average molecular weight is 184 g/mol. The van der Waals surface area contributed by atoms with Gasteiger partial charge in [0.1, 0.15) is 0 Å². The molecule has 0 saturated heterocycles. The Kier molecular flexibility index (Phi) is 7.78. The van der Waals surface area contributed by atoms with Gasteiger partial charge in [0.25, 0.3) is 0 Å². The van der Waals surface area contributed by atoms with Gasteiger partial charge in [0.05, 0.1) is 0 Å². The summed E-state index contributed by atoms with van der Waals surface area (Å²) >= 11 is 0. The summed E-state index contributed by atoms with van der Waals surface area (Å²) in [7, 11) is 6.77. The maximum Gasteiger partial charge on any atom is -0.0376 e. The van der Waals surface area contributed by atoms with Crippen molar-refractivity contribution >= 4 is 33.1 Å². The van der Waals surface area contributed by atoms with Crippen molar-refractivity contribution in [2.24, 2.45) is 0 Å². The summed E-state index contributed by atoms with van der Waals surface area (Å²) in [6, 6.07) is 0. The Labute approximate surface area is 58.9 Å². The van der Waals surface area contributed by atoms with Crippen LogP contribution in [0.25, 0.3) is 0 Å². The van der Waals surface area contributed by atoms with Gasteiger partial charge in [0.15, 0.2) is 0 Å². The molecule has 0 aliphatic carbocycles. The van der Waals surface area contributed by atoms with Crippen molar-refractivity contribution in [1.82, 2.24) is 0 Å². The first-order valence-electron chi connectivity index (χ1n) is 2.48. The molecule has 4 unspecified atom stereocenters. The quantitative estimate of drug-likeness (QED) is 0.588. The van der Waals surface area contributed by atoms with E-state index in [1.54, 1.807) is 0 Å². The van der Waals surface area contributed by atoms with E-state index >= 15 is 0 Å². The lowest BCUT2D eigenvalue weighted by Crippen LogP contribution is -1.45. The molecule has 0 aromatic carbocycles. The summed E-state index contributed by atoms with van der Waals surface area (Å²) in [6.45, 7) is 2.16. The second-order valence-electron chi connectivity index (χ2n) is 1.33. The Balaban J connectivity index is 3.21. The number of allylic oxidation sites excluding steroid dienone is 1. The van der Waals surface area contributed by atoms with E-state index < -0.39 is 0 Å². The molecule has 0 aliphatic heterocycles. The highest BCUT2D eigenvalue weighted by Crippen LogP contribution is 2.66. The summed E-state index contributed by atoms with van der Waals surface area (Å²) in [5.74, 6) is 2.30. The van der Waals surface area contributed by atoms with Crippen molar-refractivity contribution in [3.8, 4) is 0 Å². The maximum atomic E-state index is 2.85. The van der Waals surface area contributed by atoms with Crippen molar-refractivity contribution in [1.29, 1.82) is 0 Å². The molecule has 0 aromatic heterocycles. The molecule has 0 radical (unpaired) electrons. The smallest absolute Gasteiger partial charge is 0.0376 e. The molecule has 4 heteroatoms. The van der Waals surface area contributed by atoms with Crippen LogP contribution in [-0.4, -0.2) is 0 Å². The lowest BCUT2D eigenvalue weighted by Gasteiger charge is -1.97. The summed E-state index contributed by atoms with van der Waals surface area (Å²) in [4.78, 5) is 0. The molecule has 0 N–H and O–H groups in total. The van der Waals surface area contributed by atoms with Crippen molar-refractivity contribution in [2.75, 3.05) is 0 Å². The van der Waals surface area contributed by atoms with E-state index in [2.05, 4.69) is 36.7 Å². The van der Waals surface area contributed by atoms with Crippen LogP contribution in [0.4, 0.5) is 0 Å². The molecule has 0 saturated carbocycles. The highest BCUT2D eigenvalue weighted by atomic mass is 32.6. The lowest BCUT2D eigenvalue weighted by molar-refractivity contribution is 1.23. The van der Waals surface area contributed by atoms with Gasteiger partial charge in [-0.15, -0.1) is 17.9 Å². The van der Waals surface area contributed by atoms with Gasteiger partial charge < -0.3 is 0 Å². The zero-order valence-electron chi connectivity index (χ0n) is 4.96. The lowest BCUT2D eigenvalue weighted by atomic mass is 10.5. The largest absolute Gasteiger partial charge is 0.109 e. The van der Waals surface area contributed by atoms with Crippen molar-refractivity contribution in [2.45, 2.75) is 13.3 Å². The van der Waals surface area contributed by atoms with E-state index in [4.69, 9.17) is 0 Å². The Morgan fingerprint density at radius 1 is 1.75 bits per heavy atom. The second-order valence-corrected chi connectivity index (χ2v) is 10.6. The summed E-state index contributed by atoms with van der Waals surface area (Å²) < 4.78 is 0. The molecule has 0 aliphatic rings. The van der Waals surface area contributed by atoms with Crippen LogP contribution < -0.4 is 0 Å². The minimum atomic E-state index is 0.143. The van der Waals surface area contributed by atoms with Crippen molar-refractivity contribution < 1.29 is 0 Å². The topological polar surface area (TPSA) is 0 Å². The van der Waals surface area contributed by atoms with Gasteiger partial charge in [-0.3, -0.25) is 0 Å². The monoisotopic (exact) mass is 184 g/mol. The summed E-state index contributed by atoms with van der Waals surface area (Å²) in [5, 5.41) is 0. The molecular weight excluding hydrogens is 172 g/mol. The first-order valence-corrected chi connectivity index (χ1v) is 9.16. The normalized spacial score (nSPS) is 16.4. The van der Waals surface area contributed by atoms with Gasteiger partial charge >= 0.3 is 0 Å². The van der Waals surface area contributed by atoms with Crippen LogP contribution in [0.3, 0.4) is 0 Å². The van der Waals surface area contributed by atoms with Crippen LogP contribution in [0.5, 0.6) is 0 Å². The van der Waals surface area contributed by atoms with Crippen LogP contribution in [0.1, 0.15) is 13.3 Å². The molecule has 0 amide bonds. The predicted octanol–water partition coefficient (Wildman–Crippen LogP) is 3.57. The van der Waals surface area contributed by atoms with Gasteiger partial charge in [-0.05, 0) is 13.7 Å². The first-order chi connectivity index (χ1) is 3.81. The molecule has 0 fully saturated rings. The van der Waals surface area contributed by atoms with Gasteiger partial charge in [-0.25, -0.2) is 0 Å². The van der Waals surface area contributed by atoms with Gasteiger partial charge in [-0.2, -0.15) is 0 Å². The van der Waals surface area contributed by atoms with Gasteiger partial charge in [0.2, 0.25) is 0 Å². The van der Waals surface area contributed by atoms with Gasteiger partial charge in [0, 0.05) is 0 Å². The fourth-order valence-corrected chi connectivity index (χ4v) is 2.50. The van der Waals surface area contributed by atoms with Crippen molar-refractivity contribution in [3.63, 3.8) is 0 Å². The summed E-state index contributed by atoms with van der Waals surface area (Å²) in [5.41, 5.74) is 0. The SMILES string of the molecule is CC/C=C/P(P)PP. The minimum Gasteiger partial charge on any atom is -0.109 e. The van der Waals surface area contributed by atoms with Crippen LogP contribution in [-0.2, 0) is 0 Å². The van der Waals surface area contributed by atoms with Crippen LogP contribution >= 0.6 is 33.1 Å². The Hall–Kier alpha value is 1.46. The van der Waals surface area contributed by atoms with Crippen LogP contribution in [0, 0.1) is 0 Å². The third kappa shape index (κ3) is 5.59. The second kappa shape index (κ2) is 6.58. The molecule has 0 aromatic rings. The third-order valence-corrected chi connectivity index (χ3v) is 10.0. The molecule has 0 bridgehead atoms. The zero-order chi connectivity index (χ0) is 6.41. The fourth-order valence-electron chi connectivity index (χ4n) is 0.262. The molecule has 0 nitrogen and oxygen atoms in total. The molecule has 48 valence electrons. The van der Waals surface area contributed by atoms with E-state index in [0.717, 1.165) is 7.96 Å². The average Bonchev–Trinajstić information content (AvgIpc) is 1.83. The van der Waals surface area contributed by atoms with Crippen LogP contribution in [0.2, 0.25) is 0 Å². The van der Waals surface area contributed by atoms with E-state index in [9.17, 15) is 0 Å². The number of rotatable bonds is 3. The molecule has 0 heterocycles. The minimum absolute atomic E-state index is 0.143. The maximum absolute atomic E-state index is 2.85. The molecule has 8 heavy (non-hydrogen) atoms. The Bertz CT molecular complexity index is 70.4. The predicted molar refractivity (Wildman–Crippen MR) is 54.1 cm³/mol. The first kappa shape index (κ1) is 9.46. The van der Waals surface area contributed by atoms with Gasteiger partial charge in [-0.1, -0.05) is 26.8 Å². The number of hydrogen-bond donors (Lipinski definition) is 0. The van der Waals surface area contributed by atoms with E-state index in [0.29, 0.717) is 0 Å². The molecular formula is C4H12P4. The van der Waals surface area contributed by atoms with E-state index in [1.807, 2.05) is 0 Å². The molecule has 4 atom stereocenters. The van der Waals surface area contributed by atoms with E-state index in [1.165, 1.54) is 6.42 Å². The Morgan fingerprint density at radius 2 is 2.38 bits per heavy atom. The molecule has 0 spiro atoms. The van der Waals surface area contributed by atoms with Crippen LogP contribution in [0.15, 0.2) is 11.9 Å². The fraction of sp³-hybridized carbons (Fsp3) is 0.500. The third-order valence-electron chi connectivity index (χ3n) is 0.651. The van der Waals surface area contributed by atoms with Crippen molar-refractivity contribution in [3.05, 3.63) is 11.9 Å².